The van der Waals surface area contributed by atoms with Crippen LogP contribution < -0.4 is 11.3 Å². The molecule has 0 atom stereocenters. The highest BCUT2D eigenvalue weighted by Crippen LogP contribution is 2.04. The Kier molecular flexibility index (Phi) is 8.80. The van der Waals surface area contributed by atoms with Crippen molar-refractivity contribution in [3.63, 3.8) is 0 Å². The first-order chi connectivity index (χ1) is 8.01. The van der Waals surface area contributed by atoms with Gasteiger partial charge in [0, 0.05) is 20.2 Å². The van der Waals surface area contributed by atoms with Crippen LogP contribution in [0.3, 0.4) is 0 Å². The molecule has 0 saturated heterocycles. The van der Waals surface area contributed by atoms with Crippen molar-refractivity contribution in [2.45, 2.75) is 27.7 Å². The first kappa shape index (κ1) is 16.2. The normalized spacial score (nSPS) is 12.4. The number of nitrogens with zero attached hydrogens (tertiary/aromatic N) is 2. The zero-order valence-electron chi connectivity index (χ0n) is 11.9. The van der Waals surface area contributed by atoms with Gasteiger partial charge in [0.25, 0.3) is 0 Å². The topological polar surface area (TPSA) is 62.9 Å². The molecule has 0 aromatic rings. The molecule has 5 nitrogen and oxygen atoms in total. The van der Waals surface area contributed by atoms with Gasteiger partial charge in [-0.2, -0.15) is 0 Å². The summed E-state index contributed by atoms with van der Waals surface area (Å²) in [6, 6.07) is 0. The lowest BCUT2D eigenvalue weighted by Crippen LogP contribution is -2.47. The fourth-order valence-corrected chi connectivity index (χ4v) is 1.61. The summed E-state index contributed by atoms with van der Waals surface area (Å²) in [6.45, 7) is 11.9. The predicted molar refractivity (Wildman–Crippen MR) is 72.8 cm³/mol. The number of nitrogens with one attached hydrogen (secondary N) is 1. The summed E-state index contributed by atoms with van der Waals surface area (Å²) in [5.74, 6) is 7.46. The smallest absolute Gasteiger partial charge is 0.208 e. The minimum Gasteiger partial charge on any atom is -0.383 e. The maximum Gasteiger partial charge on any atom is 0.208 e. The van der Waals surface area contributed by atoms with E-state index in [1.807, 2.05) is 0 Å². The van der Waals surface area contributed by atoms with Crippen molar-refractivity contribution >= 4 is 5.96 Å². The van der Waals surface area contributed by atoms with Crippen molar-refractivity contribution in [1.82, 2.24) is 10.3 Å². The maximum absolute atomic E-state index is 5.54. The van der Waals surface area contributed by atoms with E-state index >= 15 is 0 Å². The van der Waals surface area contributed by atoms with Crippen molar-refractivity contribution in [3.8, 4) is 0 Å². The van der Waals surface area contributed by atoms with Gasteiger partial charge in [0.1, 0.15) is 0 Å². The second-order valence-electron chi connectivity index (χ2n) is 5.04. The Hall–Kier alpha value is -0.810. The molecule has 0 fully saturated rings. The van der Waals surface area contributed by atoms with E-state index in [2.05, 4.69) is 43.0 Å². The van der Waals surface area contributed by atoms with E-state index < -0.39 is 0 Å². The number of ether oxygens (including phenoxy) is 1. The molecule has 0 bridgehead atoms. The van der Waals surface area contributed by atoms with Gasteiger partial charge in [0.2, 0.25) is 5.96 Å². The van der Waals surface area contributed by atoms with Crippen LogP contribution in [0.5, 0.6) is 0 Å². The number of methoxy groups -OCH3 is 1. The quantitative estimate of drug-likeness (QED) is 0.231. The van der Waals surface area contributed by atoms with Crippen LogP contribution in [0.4, 0.5) is 0 Å². The lowest BCUT2D eigenvalue weighted by atomic mass is 10.1. The Labute approximate surface area is 105 Å². The highest BCUT2D eigenvalue weighted by molar-refractivity contribution is 5.79. The highest BCUT2D eigenvalue weighted by atomic mass is 16.5. The number of hydrogen-bond acceptors (Lipinski definition) is 3. The van der Waals surface area contributed by atoms with Gasteiger partial charge in [-0.3, -0.25) is 5.43 Å². The summed E-state index contributed by atoms with van der Waals surface area (Å²) in [4.78, 5) is 6.62. The summed E-state index contributed by atoms with van der Waals surface area (Å²) in [5, 5.41) is 0. The monoisotopic (exact) mass is 244 g/mol. The molecule has 0 rings (SSSR count). The van der Waals surface area contributed by atoms with Crippen molar-refractivity contribution in [1.29, 1.82) is 0 Å². The molecular weight excluding hydrogens is 216 g/mol. The molecule has 0 saturated carbocycles. The van der Waals surface area contributed by atoms with Gasteiger partial charge >= 0.3 is 0 Å². The molecule has 3 N–H and O–H groups in total. The van der Waals surface area contributed by atoms with Crippen LogP contribution in [0.1, 0.15) is 27.7 Å². The summed E-state index contributed by atoms with van der Waals surface area (Å²) < 4.78 is 4.98. The summed E-state index contributed by atoms with van der Waals surface area (Å²) in [6.07, 6.45) is 0. The Bertz CT molecular complexity index is 207. The van der Waals surface area contributed by atoms with E-state index in [1.54, 1.807) is 7.11 Å². The second-order valence-corrected chi connectivity index (χ2v) is 5.04. The molecule has 0 amide bonds. The minimum absolute atomic E-state index is 0.578. The summed E-state index contributed by atoms with van der Waals surface area (Å²) in [5.41, 5.74) is 2.69. The molecule has 0 heterocycles. The third-order valence-electron chi connectivity index (χ3n) is 2.16. The van der Waals surface area contributed by atoms with Crippen LogP contribution in [-0.2, 0) is 4.74 Å². The van der Waals surface area contributed by atoms with E-state index in [9.17, 15) is 0 Å². The number of guanidine groups is 1. The zero-order valence-corrected chi connectivity index (χ0v) is 11.9. The number of hydrogen-bond donors (Lipinski definition) is 2. The van der Waals surface area contributed by atoms with E-state index in [1.165, 1.54) is 0 Å². The minimum atomic E-state index is 0.578. The van der Waals surface area contributed by atoms with Crippen molar-refractivity contribution in [2.24, 2.45) is 22.7 Å². The Balaban J connectivity index is 4.53. The van der Waals surface area contributed by atoms with Crippen LogP contribution in [0.2, 0.25) is 0 Å². The lowest BCUT2D eigenvalue weighted by molar-refractivity contribution is 0.207. The van der Waals surface area contributed by atoms with E-state index in [0.29, 0.717) is 25.0 Å². The Morgan fingerprint density at radius 3 is 2.12 bits per heavy atom. The van der Waals surface area contributed by atoms with Gasteiger partial charge in [0.15, 0.2) is 0 Å². The third-order valence-corrected chi connectivity index (χ3v) is 2.16. The molecular formula is C12H28N4O. The van der Waals surface area contributed by atoms with Crippen molar-refractivity contribution in [2.75, 3.05) is 33.4 Å². The molecule has 5 heteroatoms. The van der Waals surface area contributed by atoms with E-state index in [4.69, 9.17) is 10.6 Å². The van der Waals surface area contributed by atoms with Gasteiger partial charge in [-0.05, 0) is 11.8 Å². The predicted octanol–water partition coefficient (Wildman–Crippen LogP) is 1.07. The van der Waals surface area contributed by atoms with Gasteiger partial charge in [0.05, 0.1) is 13.2 Å². The molecule has 0 radical (unpaired) electrons. The number of nitrogens with two attached hydrogens (primary N) is 1. The van der Waals surface area contributed by atoms with Crippen LogP contribution in [-0.4, -0.2) is 44.2 Å². The second kappa shape index (κ2) is 9.24. The largest absolute Gasteiger partial charge is 0.383 e. The number of hydrazine groups is 1. The average Bonchev–Trinajstić information content (AvgIpc) is 2.22. The summed E-state index contributed by atoms with van der Waals surface area (Å²) in [7, 11) is 1.67. The van der Waals surface area contributed by atoms with Crippen LogP contribution >= 0.6 is 0 Å². The average molecular weight is 244 g/mol. The van der Waals surface area contributed by atoms with Crippen molar-refractivity contribution in [3.05, 3.63) is 0 Å². The molecule has 0 spiro atoms. The summed E-state index contributed by atoms with van der Waals surface area (Å²) >= 11 is 0. The van der Waals surface area contributed by atoms with Crippen LogP contribution in [0.15, 0.2) is 4.99 Å². The zero-order chi connectivity index (χ0) is 13.3. The van der Waals surface area contributed by atoms with Gasteiger partial charge in [-0.1, -0.05) is 27.7 Å². The van der Waals surface area contributed by atoms with Crippen LogP contribution in [0.25, 0.3) is 0 Å². The Morgan fingerprint density at radius 2 is 1.76 bits per heavy atom. The first-order valence-electron chi connectivity index (χ1n) is 6.26. The van der Waals surface area contributed by atoms with E-state index in [0.717, 1.165) is 19.0 Å². The molecule has 0 aromatic heterocycles. The molecule has 17 heavy (non-hydrogen) atoms. The molecule has 0 unspecified atom stereocenters. The number of rotatable bonds is 7. The molecule has 0 aromatic carbocycles. The molecule has 0 aliphatic heterocycles. The number of aliphatic imine (C=N–C) groups is 1. The standard InChI is InChI=1S/C12H28N4O/c1-10(2)8-16(9-11(3)4)12(15-13)14-6-7-17-5/h10-11H,6-9,13H2,1-5H3,(H,14,15). The van der Waals surface area contributed by atoms with Crippen molar-refractivity contribution < 1.29 is 4.74 Å². The third kappa shape index (κ3) is 7.99. The Morgan fingerprint density at radius 1 is 1.24 bits per heavy atom. The fourth-order valence-electron chi connectivity index (χ4n) is 1.61. The molecule has 0 aliphatic rings. The first-order valence-corrected chi connectivity index (χ1v) is 6.26. The lowest BCUT2D eigenvalue weighted by Gasteiger charge is -2.28. The fraction of sp³-hybridized carbons (Fsp3) is 0.917. The van der Waals surface area contributed by atoms with E-state index in [-0.39, 0.29) is 0 Å². The van der Waals surface area contributed by atoms with Gasteiger partial charge < -0.3 is 9.64 Å². The highest BCUT2D eigenvalue weighted by Gasteiger charge is 2.13. The SMILES string of the molecule is COCCN=C(NN)N(CC(C)C)CC(C)C. The van der Waals surface area contributed by atoms with Gasteiger partial charge in [-0.15, -0.1) is 0 Å². The molecule has 102 valence electrons. The van der Waals surface area contributed by atoms with Gasteiger partial charge in [-0.25, -0.2) is 10.8 Å². The maximum atomic E-state index is 5.54. The molecule has 0 aliphatic carbocycles. The van der Waals surface area contributed by atoms with Crippen LogP contribution in [0, 0.1) is 11.8 Å².